The summed E-state index contributed by atoms with van der Waals surface area (Å²) >= 11 is 0. The molecule has 1 rings (SSSR count). The molecule has 1 aromatic carbocycles. The van der Waals surface area contributed by atoms with Crippen LogP contribution in [0.15, 0.2) is 23.4 Å². The van der Waals surface area contributed by atoms with E-state index in [0.717, 1.165) is 6.07 Å². The van der Waals surface area contributed by atoms with Gasteiger partial charge in [-0.05, 0) is 23.6 Å². The van der Waals surface area contributed by atoms with E-state index in [-0.39, 0.29) is 11.0 Å². The molecule has 0 saturated carbocycles. The first-order valence-electron chi connectivity index (χ1n) is 6.36. The molecule has 0 fully saturated rings. The Balaban J connectivity index is 3.29. The van der Waals surface area contributed by atoms with Gasteiger partial charge in [-0.15, -0.1) is 0 Å². The molecular formula is C14H20F3N3O. The monoisotopic (exact) mass is 303 g/mol. The second-order valence-corrected chi connectivity index (χ2v) is 6.13. The van der Waals surface area contributed by atoms with Gasteiger partial charge in [-0.3, -0.25) is 0 Å². The van der Waals surface area contributed by atoms with Gasteiger partial charge in [0.05, 0.1) is 5.56 Å². The van der Waals surface area contributed by atoms with Crippen molar-refractivity contribution in [3.05, 3.63) is 29.3 Å². The van der Waals surface area contributed by atoms with Crippen LogP contribution < -0.4 is 10.6 Å². The van der Waals surface area contributed by atoms with E-state index in [1.165, 1.54) is 12.1 Å². The number of hydrogen-bond acceptors (Lipinski definition) is 3. The molecule has 0 aliphatic heterocycles. The van der Waals surface area contributed by atoms with Crippen LogP contribution in [-0.2, 0) is 6.18 Å². The maximum Gasteiger partial charge on any atom is 0.417 e. The Hall–Kier alpha value is -1.92. The van der Waals surface area contributed by atoms with Crippen LogP contribution in [0.3, 0.4) is 0 Å². The van der Waals surface area contributed by atoms with E-state index in [4.69, 9.17) is 10.9 Å². The van der Waals surface area contributed by atoms with Gasteiger partial charge in [0.1, 0.15) is 0 Å². The molecule has 0 atom stereocenters. The van der Waals surface area contributed by atoms with Crippen molar-refractivity contribution < 1.29 is 18.4 Å². The summed E-state index contributed by atoms with van der Waals surface area (Å²) in [6.45, 7) is 6.59. The molecule has 0 unspecified atom stereocenters. The number of alkyl halides is 3. The molecule has 4 nitrogen and oxygen atoms in total. The van der Waals surface area contributed by atoms with Crippen molar-refractivity contribution in [2.45, 2.75) is 26.9 Å². The number of halogens is 3. The largest absolute Gasteiger partial charge is 0.417 e. The van der Waals surface area contributed by atoms with Gasteiger partial charge in [0, 0.05) is 24.8 Å². The molecule has 0 spiro atoms. The van der Waals surface area contributed by atoms with Crippen molar-refractivity contribution >= 4 is 11.5 Å². The van der Waals surface area contributed by atoms with Crippen molar-refractivity contribution in [2.24, 2.45) is 16.3 Å². The molecule has 0 aromatic heterocycles. The van der Waals surface area contributed by atoms with Crippen LogP contribution in [0, 0.1) is 5.41 Å². The Labute approximate surface area is 122 Å². The number of anilines is 1. The number of oxime groups is 1. The first-order chi connectivity index (χ1) is 9.45. The maximum absolute atomic E-state index is 13.1. The number of rotatable bonds is 3. The summed E-state index contributed by atoms with van der Waals surface area (Å²) in [6.07, 6.45) is -4.58. The Morgan fingerprint density at radius 2 is 1.86 bits per heavy atom. The lowest BCUT2D eigenvalue weighted by Gasteiger charge is -2.29. The predicted molar refractivity (Wildman–Crippen MR) is 76.7 cm³/mol. The van der Waals surface area contributed by atoms with E-state index in [9.17, 15) is 13.2 Å². The van der Waals surface area contributed by atoms with Gasteiger partial charge >= 0.3 is 6.18 Å². The summed E-state index contributed by atoms with van der Waals surface area (Å²) in [4.78, 5) is 1.74. The second-order valence-electron chi connectivity index (χ2n) is 6.13. The predicted octanol–water partition coefficient (Wildman–Crippen LogP) is 3.28. The number of hydrogen-bond donors (Lipinski definition) is 2. The van der Waals surface area contributed by atoms with E-state index in [0.29, 0.717) is 12.2 Å². The van der Waals surface area contributed by atoms with E-state index < -0.39 is 17.6 Å². The molecular weight excluding hydrogens is 283 g/mol. The molecule has 7 heteroatoms. The molecule has 21 heavy (non-hydrogen) atoms. The molecule has 0 heterocycles. The zero-order valence-electron chi connectivity index (χ0n) is 12.5. The maximum atomic E-state index is 13.1. The number of benzene rings is 1. The molecule has 0 aliphatic carbocycles. The Bertz CT molecular complexity index is 533. The molecule has 3 N–H and O–H groups in total. The van der Waals surface area contributed by atoms with E-state index in [1.54, 1.807) is 11.9 Å². The average molecular weight is 303 g/mol. The van der Waals surface area contributed by atoms with Gasteiger partial charge in [-0.2, -0.15) is 13.2 Å². The Kier molecular flexibility index (Phi) is 4.76. The summed E-state index contributed by atoms with van der Waals surface area (Å²) in [7, 11) is 1.73. The third kappa shape index (κ3) is 4.54. The lowest BCUT2D eigenvalue weighted by Crippen LogP contribution is -2.29. The molecule has 1 aromatic rings. The minimum atomic E-state index is -4.58. The zero-order chi connectivity index (χ0) is 16.4. The van der Waals surface area contributed by atoms with Crippen LogP contribution in [0.2, 0.25) is 0 Å². The topological polar surface area (TPSA) is 61.8 Å². The Morgan fingerprint density at radius 1 is 1.29 bits per heavy atom. The van der Waals surface area contributed by atoms with Crippen molar-refractivity contribution in [2.75, 3.05) is 18.5 Å². The van der Waals surface area contributed by atoms with E-state index >= 15 is 0 Å². The fourth-order valence-electron chi connectivity index (χ4n) is 2.08. The van der Waals surface area contributed by atoms with Crippen molar-refractivity contribution in [3.63, 3.8) is 0 Å². The third-order valence-corrected chi connectivity index (χ3v) is 2.84. The lowest BCUT2D eigenvalue weighted by molar-refractivity contribution is -0.137. The van der Waals surface area contributed by atoms with Crippen molar-refractivity contribution in [3.8, 4) is 0 Å². The van der Waals surface area contributed by atoms with Gasteiger partial charge in [-0.1, -0.05) is 25.9 Å². The van der Waals surface area contributed by atoms with Gasteiger partial charge in [0.15, 0.2) is 5.84 Å². The van der Waals surface area contributed by atoms with Gasteiger partial charge < -0.3 is 15.8 Å². The minimum Gasteiger partial charge on any atom is -0.409 e. The normalized spacial score (nSPS) is 13.4. The molecule has 0 amide bonds. The summed E-state index contributed by atoms with van der Waals surface area (Å²) in [5.74, 6) is -0.563. The quantitative estimate of drug-likeness (QED) is 0.390. The highest BCUT2D eigenvalue weighted by Gasteiger charge is 2.35. The van der Waals surface area contributed by atoms with Crippen molar-refractivity contribution in [1.29, 1.82) is 0 Å². The third-order valence-electron chi connectivity index (χ3n) is 2.84. The smallest absolute Gasteiger partial charge is 0.409 e. The average Bonchev–Trinajstić information content (AvgIpc) is 2.34. The zero-order valence-corrected chi connectivity index (χ0v) is 12.5. The number of nitrogens with two attached hydrogens (primary N) is 1. The molecule has 118 valence electrons. The van der Waals surface area contributed by atoms with Crippen LogP contribution in [0.1, 0.15) is 31.9 Å². The van der Waals surface area contributed by atoms with Crippen LogP contribution in [-0.4, -0.2) is 24.6 Å². The first-order valence-corrected chi connectivity index (χ1v) is 6.36. The van der Waals surface area contributed by atoms with Gasteiger partial charge in [0.25, 0.3) is 0 Å². The summed E-state index contributed by atoms with van der Waals surface area (Å²) in [5.41, 5.74) is 4.42. The summed E-state index contributed by atoms with van der Waals surface area (Å²) < 4.78 is 39.3. The highest BCUT2D eigenvalue weighted by atomic mass is 19.4. The number of amidine groups is 1. The first kappa shape index (κ1) is 17.1. The molecule has 0 saturated heterocycles. The lowest BCUT2D eigenvalue weighted by atomic mass is 9.95. The van der Waals surface area contributed by atoms with Gasteiger partial charge in [-0.25, -0.2) is 0 Å². The molecule has 0 bridgehead atoms. The standard InChI is InChI=1S/C14H20F3N3O/c1-13(2,3)8-20(4)9-5-6-10(12(18)19-21)11(7-9)14(15,16)17/h5-7,21H,8H2,1-4H3,(H2,18,19). The highest BCUT2D eigenvalue weighted by Crippen LogP contribution is 2.35. The van der Waals surface area contributed by atoms with Crippen LogP contribution in [0.25, 0.3) is 0 Å². The Morgan fingerprint density at radius 3 is 2.29 bits per heavy atom. The molecule has 0 aliphatic rings. The fourth-order valence-corrected chi connectivity index (χ4v) is 2.08. The summed E-state index contributed by atoms with van der Waals surface area (Å²) in [5, 5.41) is 11.2. The SMILES string of the molecule is CN(CC(C)(C)C)c1ccc(C(N)=NO)c(C(F)(F)F)c1. The fraction of sp³-hybridized carbons (Fsp3) is 0.500. The number of nitrogens with zero attached hydrogens (tertiary/aromatic N) is 2. The van der Waals surface area contributed by atoms with Gasteiger partial charge in [0.2, 0.25) is 0 Å². The van der Waals surface area contributed by atoms with Crippen molar-refractivity contribution in [1.82, 2.24) is 0 Å². The summed E-state index contributed by atoms with van der Waals surface area (Å²) in [6, 6.07) is 3.75. The van der Waals surface area contributed by atoms with E-state index in [2.05, 4.69) is 5.16 Å². The minimum absolute atomic E-state index is 0.0581. The molecule has 0 radical (unpaired) electrons. The van der Waals surface area contributed by atoms with Crippen LogP contribution >= 0.6 is 0 Å². The highest BCUT2D eigenvalue weighted by molar-refractivity contribution is 5.99. The van der Waals surface area contributed by atoms with E-state index in [1.807, 2.05) is 20.8 Å². The van der Waals surface area contributed by atoms with Crippen LogP contribution in [0.5, 0.6) is 0 Å². The van der Waals surface area contributed by atoms with Crippen LogP contribution in [0.4, 0.5) is 18.9 Å². The second kappa shape index (κ2) is 5.83.